The molecule has 1 aromatic heterocycles. The lowest BCUT2D eigenvalue weighted by Gasteiger charge is -2.08. The highest BCUT2D eigenvalue weighted by Gasteiger charge is 2.18. The summed E-state index contributed by atoms with van der Waals surface area (Å²) in [7, 11) is 0. The van der Waals surface area contributed by atoms with Gasteiger partial charge in [-0.15, -0.1) is 0 Å². The van der Waals surface area contributed by atoms with Crippen molar-refractivity contribution in [2.75, 3.05) is 5.73 Å². The van der Waals surface area contributed by atoms with Crippen LogP contribution in [0.1, 0.15) is 5.56 Å². The van der Waals surface area contributed by atoms with E-state index < -0.39 is 4.92 Å². The van der Waals surface area contributed by atoms with Crippen LogP contribution in [-0.2, 0) is 0 Å². The van der Waals surface area contributed by atoms with Gasteiger partial charge in [0.1, 0.15) is 11.6 Å². The first kappa shape index (κ1) is 13.3. The standard InChI is InChI=1S/C12H10BrN3O3/c1-7-2-3-8(13)6-10(7)19-12-9(16(17)18)4-5-11(14)15-12/h2-6H,1H3,(H2,14,15). The van der Waals surface area contributed by atoms with Crippen LogP contribution in [0.4, 0.5) is 11.5 Å². The van der Waals surface area contributed by atoms with Crippen molar-refractivity contribution in [1.29, 1.82) is 0 Å². The molecule has 1 aromatic carbocycles. The van der Waals surface area contributed by atoms with Gasteiger partial charge in [0.05, 0.1) is 4.92 Å². The smallest absolute Gasteiger partial charge is 0.331 e. The molecule has 7 heteroatoms. The van der Waals surface area contributed by atoms with Crippen molar-refractivity contribution in [2.45, 2.75) is 6.92 Å². The molecule has 0 aliphatic carbocycles. The lowest BCUT2D eigenvalue weighted by molar-refractivity contribution is -0.386. The van der Waals surface area contributed by atoms with Gasteiger partial charge in [0.25, 0.3) is 0 Å². The molecule has 0 amide bonds. The number of ether oxygens (including phenoxy) is 1. The van der Waals surface area contributed by atoms with Gasteiger partial charge in [0.2, 0.25) is 0 Å². The van der Waals surface area contributed by atoms with Crippen LogP contribution in [0.5, 0.6) is 11.6 Å². The first-order chi connectivity index (χ1) is 8.97. The molecule has 0 atom stereocenters. The summed E-state index contributed by atoms with van der Waals surface area (Å²) >= 11 is 3.31. The quantitative estimate of drug-likeness (QED) is 0.690. The van der Waals surface area contributed by atoms with Gasteiger partial charge in [-0.1, -0.05) is 22.0 Å². The van der Waals surface area contributed by atoms with Crippen molar-refractivity contribution in [1.82, 2.24) is 4.98 Å². The Hall–Kier alpha value is -2.15. The van der Waals surface area contributed by atoms with Crippen LogP contribution in [0, 0.1) is 17.0 Å². The Morgan fingerprint density at radius 2 is 2.11 bits per heavy atom. The zero-order chi connectivity index (χ0) is 14.0. The summed E-state index contributed by atoms with van der Waals surface area (Å²) in [5.41, 5.74) is 6.13. The third-order valence-corrected chi connectivity index (χ3v) is 2.91. The average Bonchev–Trinajstić information content (AvgIpc) is 2.33. The number of nitrogens with two attached hydrogens (primary N) is 1. The van der Waals surface area contributed by atoms with E-state index in [1.54, 1.807) is 6.07 Å². The number of benzene rings is 1. The number of aryl methyl sites for hydroxylation is 1. The van der Waals surface area contributed by atoms with Gasteiger partial charge < -0.3 is 10.5 Å². The monoisotopic (exact) mass is 323 g/mol. The maximum absolute atomic E-state index is 10.9. The SMILES string of the molecule is Cc1ccc(Br)cc1Oc1nc(N)ccc1[N+](=O)[O-]. The Balaban J connectivity index is 2.45. The van der Waals surface area contributed by atoms with Gasteiger partial charge in [-0.3, -0.25) is 10.1 Å². The van der Waals surface area contributed by atoms with E-state index in [2.05, 4.69) is 20.9 Å². The van der Waals surface area contributed by atoms with Crippen LogP contribution < -0.4 is 10.5 Å². The van der Waals surface area contributed by atoms with Crippen LogP contribution in [0.25, 0.3) is 0 Å². The zero-order valence-corrected chi connectivity index (χ0v) is 11.5. The third kappa shape index (κ3) is 3.00. The van der Waals surface area contributed by atoms with Crippen molar-refractivity contribution < 1.29 is 9.66 Å². The predicted octanol–water partition coefficient (Wildman–Crippen LogP) is 3.44. The second-order valence-corrected chi connectivity index (χ2v) is 4.75. The Labute approximate surface area is 117 Å². The van der Waals surface area contributed by atoms with Crippen molar-refractivity contribution in [3.8, 4) is 11.6 Å². The second-order valence-electron chi connectivity index (χ2n) is 3.83. The maximum atomic E-state index is 10.9. The molecule has 98 valence electrons. The number of nitro groups is 1. The molecule has 2 N–H and O–H groups in total. The molecule has 0 saturated carbocycles. The minimum atomic E-state index is -0.560. The highest BCUT2D eigenvalue weighted by Crippen LogP contribution is 2.33. The molecule has 0 fully saturated rings. The number of aromatic nitrogens is 1. The van der Waals surface area contributed by atoms with E-state index in [1.807, 2.05) is 19.1 Å². The summed E-state index contributed by atoms with van der Waals surface area (Å²) in [6.45, 7) is 1.83. The number of hydrogen-bond donors (Lipinski definition) is 1. The third-order valence-electron chi connectivity index (χ3n) is 2.42. The van der Waals surface area contributed by atoms with Crippen molar-refractivity contribution in [3.05, 3.63) is 50.5 Å². The minimum Gasteiger partial charge on any atom is -0.433 e. The number of hydrogen-bond acceptors (Lipinski definition) is 5. The Morgan fingerprint density at radius 3 is 2.79 bits per heavy atom. The van der Waals surface area contributed by atoms with E-state index in [1.165, 1.54) is 12.1 Å². The van der Waals surface area contributed by atoms with E-state index >= 15 is 0 Å². The number of nitrogens with zero attached hydrogens (tertiary/aromatic N) is 2. The molecular weight excluding hydrogens is 314 g/mol. The summed E-state index contributed by atoms with van der Waals surface area (Å²) in [6.07, 6.45) is 0. The van der Waals surface area contributed by atoms with Crippen LogP contribution in [0.2, 0.25) is 0 Å². The van der Waals surface area contributed by atoms with Crippen LogP contribution >= 0.6 is 15.9 Å². The molecule has 0 aliphatic heterocycles. The fourth-order valence-electron chi connectivity index (χ4n) is 1.45. The fraction of sp³-hybridized carbons (Fsp3) is 0.0833. The van der Waals surface area contributed by atoms with Crippen LogP contribution in [-0.4, -0.2) is 9.91 Å². The van der Waals surface area contributed by atoms with E-state index in [0.717, 1.165) is 10.0 Å². The minimum absolute atomic E-state index is 0.119. The lowest BCUT2D eigenvalue weighted by atomic mass is 10.2. The molecule has 1 heterocycles. The zero-order valence-electron chi connectivity index (χ0n) is 9.96. The molecule has 0 unspecified atom stereocenters. The molecule has 0 bridgehead atoms. The first-order valence-electron chi connectivity index (χ1n) is 5.32. The number of halogens is 1. The summed E-state index contributed by atoms with van der Waals surface area (Å²) < 4.78 is 6.31. The van der Waals surface area contributed by atoms with Crippen molar-refractivity contribution >= 4 is 27.4 Å². The van der Waals surface area contributed by atoms with E-state index in [4.69, 9.17) is 10.5 Å². The molecule has 0 saturated heterocycles. The van der Waals surface area contributed by atoms with Crippen LogP contribution in [0.3, 0.4) is 0 Å². The molecule has 19 heavy (non-hydrogen) atoms. The molecule has 0 radical (unpaired) electrons. The summed E-state index contributed by atoms with van der Waals surface area (Å²) in [4.78, 5) is 14.2. The highest BCUT2D eigenvalue weighted by molar-refractivity contribution is 9.10. The van der Waals surface area contributed by atoms with E-state index in [0.29, 0.717) is 5.75 Å². The molecule has 0 aliphatic rings. The predicted molar refractivity (Wildman–Crippen MR) is 74.3 cm³/mol. The Kier molecular flexibility index (Phi) is 3.66. The summed E-state index contributed by atoms with van der Waals surface area (Å²) in [6, 6.07) is 8.02. The Morgan fingerprint density at radius 1 is 1.37 bits per heavy atom. The first-order valence-corrected chi connectivity index (χ1v) is 6.11. The van der Waals surface area contributed by atoms with Gasteiger partial charge in [-0.25, -0.2) is 0 Å². The molecular formula is C12H10BrN3O3. The number of pyridine rings is 1. The van der Waals surface area contributed by atoms with Gasteiger partial charge in [0.15, 0.2) is 0 Å². The van der Waals surface area contributed by atoms with Crippen molar-refractivity contribution in [3.63, 3.8) is 0 Å². The second kappa shape index (κ2) is 5.23. The normalized spacial score (nSPS) is 10.2. The highest BCUT2D eigenvalue weighted by atomic mass is 79.9. The molecule has 2 aromatic rings. The van der Waals surface area contributed by atoms with Crippen LogP contribution in [0.15, 0.2) is 34.8 Å². The largest absolute Gasteiger partial charge is 0.433 e. The summed E-state index contributed by atoms with van der Waals surface area (Å²) in [5.74, 6) is 0.523. The van der Waals surface area contributed by atoms with E-state index in [-0.39, 0.29) is 17.4 Å². The summed E-state index contributed by atoms with van der Waals surface area (Å²) in [5, 5.41) is 10.9. The average molecular weight is 324 g/mol. The molecule has 6 nitrogen and oxygen atoms in total. The van der Waals surface area contributed by atoms with E-state index in [9.17, 15) is 10.1 Å². The number of rotatable bonds is 3. The lowest BCUT2D eigenvalue weighted by Crippen LogP contribution is -1.99. The van der Waals surface area contributed by atoms with Gasteiger partial charge in [0, 0.05) is 10.5 Å². The molecule has 0 spiro atoms. The molecule has 2 rings (SSSR count). The number of anilines is 1. The van der Waals surface area contributed by atoms with Gasteiger partial charge in [-0.05, 0) is 30.7 Å². The van der Waals surface area contributed by atoms with Crippen molar-refractivity contribution in [2.24, 2.45) is 0 Å². The topological polar surface area (TPSA) is 91.3 Å². The van der Waals surface area contributed by atoms with Gasteiger partial charge in [-0.2, -0.15) is 4.98 Å². The Bertz CT molecular complexity index is 646. The fourth-order valence-corrected chi connectivity index (χ4v) is 1.79. The number of nitrogen functional groups attached to an aromatic ring is 1. The van der Waals surface area contributed by atoms with Gasteiger partial charge >= 0.3 is 11.6 Å². The maximum Gasteiger partial charge on any atom is 0.331 e.